The molecular weight excluding hydrogens is 432 g/mol. The normalized spacial score (nSPS) is 18.6. The van der Waals surface area contributed by atoms with E-state index < -0.39 is 0 Å². The number of unbranched alkanes of at least 4 members (excludes halogenated alkanes) is 1. The second-order valence-electron chi connectivity index (χ2n) is 9.55. The lowest BCUT2D eigenvalue weighted by atomic mass is 9.93. The number of aromatic nitrogens is 4. The monoisotopic (exact) mass is 468 g/mol. The quantitative estimate of drug-likeness (QED) is 0.455. The number of carbonyl (C=O) groups excluding carboxylic acids is 1. The number of nitrogens with zero attached hydrogens (tertiary/aromatic N) is 5. The summed E-state index contributed by atoms with van der Waals surface area (Å²) in [6.45, 7) is 9.70. The van der Waals surface area contributed by atoms with Gasteiger partial charge in [0.15, 0.2) is 11.6 Å². The third kappa shape index (κ3) is 5.47. The summed E-state index contributed by atoms with van der Waals surface area (Å²) in [5, 5.41) is 7.43. The lowest BCUT2D eigenvalue weighted by molar-refractivity contribution is 0.0584. The van der Waals surface area contributed by atoms with E-state index in [1.807, 2.05) is 36.1 Å². The second kappa shape index (κ2) is 11.1. The number of fused-ring (bicyclic) bond motifs is 1. The first-order chi connectivity index (χ1) is 16.5. The Kier molecular flexibility index (Phi) is 7.95. The molecule has 1 N–H and O–H groups in total. The van der Waals surface area contributed by atoms with Crippen LogP contribution in [0.3, 0.4) is 0 Å². The highest BCUT2D eigenvalue weighted by molar-refractivity contribution is 5.95. The Balaban J connectivity index is 1.62. The molecule has 3 aromatic rings. The summed E-state index contributed by atoms with van der Waals surface area (Å²) in [5.41, 5.74) is 1.84. The molecule has 0 aliphatic carbocycles. The van der Waals surface area contributed by atoms with E-state index in [-0.39, 0.29) is 17.9 Å². The molecule has 1 amide bonds. The maximum absolute atomic E-state index is 14.0. The smallest absolute Gasteiger partial charge is 0.290 e. The molecule has 1 aliphatic rings. The van der Waals surface area contributed by atoms with Crippen LogP contribution in [0.2, 0.25) is 0 Å². The predicted molar refractivity (Wildman–Crippen MR) is 130 cm³/mol. The van der Waals surface area contributed by atoms with Gasteiger partial charge in [-0.25, -0.2) is 4.98 Å². The molecule has 3 heterocycles. The maximum Gasteiger partial charge on any atom is 0.290 e. The molecule has 184 valence electrons. The van der Waals surface area contributed by atoms with E-state index in [2.05, 4.69) is 33.9 Å². The molecule has 1 fully saturated rings. The van der Waals surface area contributed by atoms with E-state index in [4.69, 9.17) is 14.2 Å². The number of aryl methyl sites for hydroxylation is 2. The van der Waals surface area contributed by atoms with Crippen molar-refractivity contribution in [1.82, 2.24) is 29.9 Å². The molecular formula is C25H36N6O3. The fourth-order valence-electron chi connectivity index (χ4n) is 4.72. The van der Waals surface area contributed by atoms with Gasteiger partial charge in [0.2, 0.25) is 5.89 Å². The Hall–Kier alpha value is -2.78. The highest BCUT2D eigenvalue weighted by Crippen LogP contribution is 2.27. The Morgan fingerprint density at radius 2 is 2.09 bits per heavy atom. The SMILES string of the molecule is COCCCCn1c(C(=O)N(CC(C)C)[C@@H]2CNC[C@H](c3nc(C)no3)C2)nc2ccccc21. The molecule has 2 aromatic heterocycles. The summed E-state index contributed by atoms with van der Waals surface area (Å²) in [6, 6.07) is 7.99. The molecule has 4 rings (SSSR count). The number of imidazole rings is 1. The average Bonchev–Trinajstić information content (AvgIpc) is 3.43. The molecule has 9 heteroatoms. The minimum atomic E-state index is -0.0224. The molecule has 2 atom stereocenters. The number of ether oxygens (including phenoxy) is 1. The van der Waals surface area contributed by atoms with Crippen LogP contribution >= 0.6 is 0 Å². The molecule has 1 saturated heterocycles. The van der Waals surface area contributed by atoms with Gasteiger partial charge in [-0.1, -0.05) is 31.1 Å². The number of benzene rings is 1. The van der Waals surface area contributed by atoms with Gasteiger partial charge in [-0.2, -0.15) is 4.98 Å². The number of methoxy groups -OCH3 is 1. The molecule has 0 spiro atoms. The minimum absolute atomic E-state index is 0.0163. The number of hydrogen-bond donors (Lipinski definition) is 1. The van der Waals surface area contributed by atoms with E-state index >= 15 is 0 Å². The van der Waals surface area contributed by atoms with Crippen molar-refractivity contribution in [1.29, 1.82) is 0 Å². The van der Waals surface area contributed by atoms with Gasteiger partial charge in [-0.3, -0.25) is 4.79 Å². The van der Waals surface area contributed by atoms with Crippen molar-refractivity contribution in [3.05, 3.63) is 41.8 Å². The Labute approximate surface area is 200 Å². The number of nitrogens with one attached hydrogen (secondary N) is 1. The molecule has 9 nitrogen and oxygen atoms in total. The van der Waals surface area contributed by atoms with Gasteiger partial charge in [0.25, 0.3) is 5.91 Å². The Bertz CT molecular complexity index is 1090. The zero-order valence-electron chi connectivity index (χ0n) is 20.7. The number of piperidine rings is 1. The highest BCUT2D eigenvalue weighted by atomic mass is 16.5. The lowest BCUT2D eigenvalue weighted by Crippen LogP contribution is -2.52. The molecule has 1 aromatic carbocycles. The Morgan fingerprint density at radius 3 is 2.82 bits per heavy atom. The van der Waals surface area contributed by atoms with Gasteiger partial charge in [0.1, 0.15) is 0 Å². The van der Waals surface area contributed by atoms with Gasteiger partial charge in [-0.05, 0) is 44.2 Å². The summed E-state index contributed by atoms with van der Waals surface area (Å²) in [6.07, 6.45) is 2.63. The third-order valence-corrected chi connectivity index (χ3v) is 6.31. The van der Waals surface area contributed by atoms with Crippen LogP contribution in [0.25, 0.3) is 11.0 Å². The standard InChI is InChI=1S/C25H36N6O3/c1-17(2)16-31(20-13-19(14-26-15-20)24-27-18(3)29-34-24)25(32)23-28-21-9-5-6-10-22(21)30(23)11-7-8-12-33-4/h5-6,9-10,17,19-20,26H,7-8,11-16H2,1-4H3/t19-,20+/m1/s1. The third-order valence-electron chi connectivity index (χ3n) is 6.31. The molecule has 0 radical (unpaired) electrons. The fourth-order valence-corrected chi connectivity index (χ4v) is 4.72. The van der Waals surface area contributed by atoms with Crippen molar-refractivity contribution in [2.45, 2.75) is 58.5 Å². The van der Waals surface area contributed by atoms with Gasteiger partial charge in [0.05, 0.1) is 17.0 Å². The van der Waals surface area contributed by atoms with Crippen LogP contribution in [0.5, 0.6) is 0 Å². The zero-order chi connectivity index (χ0) is 24.1. The number of rotatable bonds is 10. The van der Waals surface area contributed by atoms with Crippen LogP contribution in [0.15, 0.2) is 28.8 Å². The van der Waals surface area contributed by atoms with Crippen LogP contribution in [-0.2, 0) is 11.3 Å². The van der Waals surface area contributed by atoms with E-state index in [0.717, 1.165) is 49.9 Å². The number of para-hydroxylation sites is 2. The second-order valence-corrected chi connectivity index (χ2v) is 9.55. The lowest BCUT2D eigenvalue weighted by Gasteiger charge is -2.37. The van der Waals surface area contributed by atoms with Crippen LogP contribution in [0, 0.1) is 12.8 Å². The number of amides is 1. The number of carbonyl (C=O) groups is 1. The van der Waals surface area contributed by atoms with Gasteiger partial charge >= 0.3 is 0 Å². The van der Waals surface area contributed by atoms with Gasteiger partial charge in [0, 0.05) is 45.9 Å². The first-order valence-corrected chi connectivity index (χ1v) is 12.2. The van der Waals surface area contributed by atoms with Crippen LogP contribution < -0.4 is 5.32 Å². The van der Waals surface area contributed by atoms with Crippen molar-refractivity contribution in [3.8, 4) is 0 Å². The van der Waals surface area contributed by atoms with Crippen molar-refractivity contribution >= 4 is 16.9 Å². The summed E-state index contributed by atoms with van der Waals surface area (Å²) in [4.78, 5) is 25.3. The Morgan fingerprint density at radius 1 is 1.26 bits per heavy atom. The van der Waals surface area contributed by atoms with E-state index in [9.17, 15) is 4.79 Å². The fraction of sp³-hybridized carbons (Fsp3) is 0.600. The van der Waals surface area contributed by atoms with Crippen molar-refractivity contribution in [2.24, 2.45) is 5.92 Å². The molecule has 1 aliphatic heterocycles. The van der Waals surface area contributed by atoms with Crippen LogP contribution in [0.4, 0.5) is 0 Å². The first-order valence-electron chi connectivity index (χ1n) is 12.2. The summed E-state index contributed by atoms with van der Waals surface area (Å²) >= 11 is 0. The molecule has 0 unspecified atom stereocenters. The van der Waals surface area contributed by atoms with E-state index in [0.29, 0.717) is 36.6 Å². The van der Waals surface area contributed by atoms with Crippen molar-refractivity contribution in [2.75, 3.05) is 33.4 Å². The predicted octanol–water partition coefficient (Wildman–Crippen LogP) is 3.40. The number of hydrogen-bond acceptors (Lipinski definition) is 7. The highest BCUT2D eigenvalue weighted by Gasteiger charge is 2.35. The summed E-state index contributed by atoms with van der Waals surface area (Å²) in [5.74, 6) is 2.16. The van der Waals surface area contributed by atoms with Gasteiger partial charge in [-0.15, -0.1) is 0 Å². The average molecular weight is 469 g/mol. The summed E-state index contributed by atoms with van der Waals surface area (Å²) in [7, 11) is 1.71. The summed E-state index contributed by atoms with van der Waals surface area (Å²) < 4.78 is 12.7. The topological polar surface area (TPSA) is 98.3 Å². The molecule has 0 bridgehead atoms. The van der Waals surface area contributed by atoms with E-state index in [1.165, 1.54) is 0 Å². The maximum atomic E-state index is 14.0. The van der Waals surface area contributed by atoms with E-state index in [1.54, 1.807) is 7.11 Å². The largest absolute Gasteiger partial charge is 0.385 e. The van der Waals surface area contributed by atoms with Crippen LogP contribution in [-0.4, -0.2) is 69.9 Å². The van der Waals surface area contributed by atoms with Crippen molar-refractivity contribution < 1.29 is 14.1 Å². The van der Waals surface area contributed by atoms with Gasteiger partial charge < -0.3 is 24.0 Å². The molecule has 0 saturated carbocycles. The van der Waals surface area contributed by atoms with Crippen molar-refractivity contribution in [3.63, 3.8) is 0 Å². The van der Waals surface area contributed by atoms with Crippen LogP contribution in [0.1, 0.15) is 61.4 Å². The minimum Gasteiger partial charge on any atom is -0.385 e. The molecule has 34 heavy (non-hydrogen) atoms. The first kappa shape index (κ1) is 24.3. The zero-order valence-corrected chi connectivity index (χ0v) is 20.7.